The molecule has 0 aliphatic rings. The van der Waals surface area contributed by atoms with Crippen LogP contribution in [-0.2, 0) is 0 Å². The Balaban J connectivity index is 1.76. The molecule has 0 saturated heterocycles. The molecule has 0 saturated carbocycles. The molecule has 166 valence electrons. The molecule has 33 heavy (non-hydrogen) atoms. The molecule has 5 N–H and O–H groups in total. The molecule has 1 heterocycles. The standard InChI is InChI=1S/C24H17Cl3N4OS/c25-14-7-9-16(10-8-14)29-23-19(24(33)30-15-4-2-1-3-5-15)20(28)21(31-23)22(32)13-6-11-17(26)18(27)12-13/h1-12,29,31H,28H2,(H,30,33). The first-order valence-electron chi connectivity index (χ1n) is 9.73. The monoisotopic (exact) mass is 514 g/mol. The molecule has 0 bridgehead atoms. The van der Waals surface area contributed by atoms with Crippen molar-refractivity contribution < 1.29 is 4.79 Å². The maximum absolute atomic E-state index is 13.3. The Hall–Kier alpha value is -3.03. The number of thiocarbonyl (C=S) groups is 1. The molecule has 0 amide bonds. The summed E-state index contributed by atoms with van der Waals surface area (Å²) >= 11 is 23.7. The summed E-state index contributed by atoms with van der Waals surface area (Å²) in [5, 5.41) is 7.62. The molecule has 1 aromatic heterocycles. The number of aromatic nitrogens is 1. The number of para-hydroxylation sites is 1. The number of anilines is 4. The van der Waals surface area contributed by atoms with E-state index in [2.05, 4.69) is 15.6 Å². The lowest BCUT2D eigenvalue weighted by atomic mass is 10.1. The van der Waals surface area contributed by atoms with Gasteiger partial charge in [-0.1, -0.05) is 65.2 Å². The van der Waals surface area contributed by atoms with Gasteiger partial charge in [-0.05, 0) is 54.6 Å². The van der Waals surface area contributed by atoms with Crippen molar-refractivity contribution in [3.05, 3.63) is 105 Å². The van der Waals surface area contributed by atoms with Crippen molar-refractivity contribution in [2.75, 3.05) is 16.4 Å². The molecule has 0 aliphatic carbocycles. The van der Waals surface area contributed by atoms with Crippen LogP contribution in [0, 0.1) is 0 Å². The van der Waals surface area contributed by atoms with Crippen molar-refractivity contribution in [2.24, 2.45) is 0 Å². The number of benzene rings is 3. The second kappa shape index (κ2) is 9.85. The third-order valence-corrected chi connectivity index (χ3v) is 6.12. The Kier molecular flexibility index (Phi) is 6.91. The van der Waals surface area contributed by atoms with Crippen LogP contribution in [0.15, 0.2) is 72.8 Å². The average molecular weight is 516 g/mol. The maximum Gasteiger partial charge on any atom is 0.211 e. The minimum atomic E-state index is -0.348. The van der Waals surface area contributed by atoms with Crippen LogP contribution in [0.1, 0.15) is 21.6 Å². The van der Waals surface area contributed by atoms with Crippen molar-refractivity contribution in [1.29, 1.82) is 0 Å². The number of rotatable bonds is 6. The van der Waals surface area contributed by atoms with Crippen LogP contribution in [0.5, 0.6) is 0 Å². The minimum absolute atomic E-state index is 0.178. The molecular formula is C24H17Cl3N4OS. The molecule has 9 heteroatoms. The number of halogens is 3. The SMILES string of the molecule is Nc1c(C(=O)c2ccc(Cl)c(Cl)c2)[nH]c(Nc2ccc(Cl)cc2)c1C(=S)Nc1ccccc1. The first-order chi connectivity index (χ1) is 15.8. The Morgan fingerprint density at radius 3 is 2.24 bits per heavy atom. The van der Waals surface area contributed by atoms with Crippen molar-refractivity contribution in [2.45, 2.75) is 0 Å². The topological polar surface area (TPSA) is 82.9 Å². The molecule has 0 atom stereocenters. The highest BCUT2D eigenvalue weighted by molar-refractivity contribution is 7.81. The Morgan fingerprint density at radius 1 is 0.879 bits per heavy atom. The summed E-state index contributed by atoms with van der Waals surface area (Å²) in [6, 6.07) is 21.2. The third kappa shape index (κ3) is 5.15. The number of aromatic amines is 1. The number of nitrogens with two attached hydrogens (primary N) is 1. The molecule has 4 rings (SSSR count). The van der Waals surface area contributed by atoms with Crippen molar-refractivity contribution >= 4 is 80.7 Å². The lowest BCUT2D eigenvalue weighted by Crippen LogP contribution is -2.14. The van der Waals surface area contributed by atoms with E-state index < -0.39 is 0 Å². The molecule has 0 aliphatic heterocycles. The summed E-state index contributed by atoms with van der Waals surface area (Å²) < 4.78 is 0. The van der Waals surface area contributed by atoms with Gasteiger partial charge in [-0.15, -0.1) is 0 Å². The number of nitrogen functional groups attached to an aromatic ring is 1. The Bertz CT molecular complexity index is 1340. The Morgan fingerprint density at radius 2 is 1.58 bits per heavy atom. The zero-order chi connectivity index (χ0) is 23.5. The summed E-state index contributed by atoms with van der Waals surface area (Å²) in [6.07, 6.45) is 0. The summed E-state index contributed by atoms with van der Waals surface area (Å²) in [7, 11) is 0. The first-order valence-corrected chi connectivity index (χ1v) is 11.3. The fourth-order valence-corrected chi connectivity index (χ4v) is 3.95. The van der Waals surface area contributed by atoms with E-state index >= 15 is 0 Å². The number of hydrogen-bond donors (Lipinski definition) is 4. The van der Waals surface area contributed by atoms with Gasteiger partial charge in [-0.25, -0.2) is 0 Å². The molecule has 3 aromatic carbocycles. The van der Waals surface area contributed by atoms with E-state index in [-0.39, 0.29) is 22.2 Å². The number of carbonyl (C=O) groups is 1. The quantitative estimate of drug-likeness (QED) is 0.160. The van der Waals surface area contributed by atoms with Crippen LogP contribution in [0.2, 0.25) is 15.1 Å². The normalized spacial score (nSPS) is 10.6. The predicted octanol–water partition coefficient (Wildman–Crippen LogP) is 7.32. The van der Waals surface area contributed by atoms with Crippen LogP contribution < -0.4 is 16.4 Å². The van der Waals surface area contributed by atoms with E-state index in [1.54, 1.807) is 36.4 Å². The minimum Gasteiger partial charge on any atom is -0.396 e. The van der Waals surface area contributed by atoms with Gasteiger partial charge in [0.1, 0.15) is 16.5 Å². The average Bonchev–Trinajstić information content (AvgIpc) is 3.13. The van der Waals surface area contributed by atoms with Gasteiger partial charge in [-0.2, -0.15) is 0 Å². The highest BCUT2D eigenvalue weighted by atomic mass is 35.5. The summed E-state index contributed by atoms with van der Waals surface area (Å²) in [5.41, 5.74) is 9.15. The zero-order valence-corrected chi connectivity index (χ0v) is 20.0. The van der Waals surface area contributed by atoms with Gasteiger partial charge in [0.05, 0.1) is 21.3 Å². The molecule has 4 aromatic rings. The number of carbonyl (C=O) groups excluding carboxylic acids is 1. The lowest BCUT2D eigenvalue weighted by molar-refractivity contribution is 0.103. The molecular weight excluding hydrogens is 499 g/mol. The van der Waals surface area contributed by atoms with Crippen molar-refractivity contribution in [3.8, 4) is 0 Å². The van der Waals surface area contributed by atoms with Gasteiger partial charge < -0.3 is 21.4 Å². The maximum atomic E-state index is 13.3. The molecule has 0 fully saturated rings. The molecule has 0 spiro atoms. The van der Waals surface area contributed by atoms with E-state index in [1.807, 2.05) is 30.3 Å². The van der Waals surface area contributed by atoms with Crippen LogP contribution in [0.4, 0.5) is 22.9 Å². The van der Waals surface area contributed by atoms with Crippen LogP contribution >= 0.6 is 47.0 Å². The van der Waals surface area contributed by atoms with E-state index in [0.29, 0.717) is 32.0 Å². The van der Waals surface area contributed by atoms with E-state index in [4.69, 9.17) is 52.8 Å². The largest absolute Gasteiger partial charge is 0.396 e. The summed E-state index contributed by atoms with van der Waals surface area (Å²) in [4.78, 5) is 16.7. The van der Waals surface area contributed by atoms with Gasteiger partial charge in [0.25, 0.3) is 0 Å². The van der Waals surface area contributed by atoms with Gasteiger partial charge >= 0.3 is 0 Å². The van der Waals surface area contributed by atoms with Gasteiger partial charge in [0.15, 0.2) is 0 Å². The summed E-state index contributed by atoms with van der Waals surface area (Å²) in [6.45, 7) is 0. The Labute approximate surface area is 210 Å². The summed E-state index contributed by atoms with van der Waals surface area (Å²) in [5.74, 6) is 0.116. The first kappa shape index (κ1) is 23.1. The van der Waals surface area contributed by atoms with E-state index in [1.165, 1.54) is 6.07 Å². The van der Waals surface area contributed by atoms with Gasteiger partial charge in [-0.3, -0.25) is 4.79 Å². The fraction of sp³-hybridized carbons (Fsp3) is 0. The molecule has 0 radical (unpaired) electrons. The van der Waals surface area contributed by atoms with Gasteiger partial charge in [0, 0.05) is 22.0 Å². The van der Waals surface area contributed by atoms with Crippen LogP contribution in [0.25, 0.3) is 0 Å². The third-order valence-electron chi connectivity index (χ3n) is 4.82. The smallest absolute Gasteiger partial charge is 0.211 e. The molecule has 5 nitrogen and oxygen atoms in total. The van der Waals surface area contributed by atoms with Crippen molar-refractivity contribution in [3.63, 3.8) is 0 Å². The number of hydrogen-bond acceptors (Lipinski definition) is 4. The van der Waals surface area contributed by atoms with Crippen LogP contribution in [0.3, 0.4) is 0 Å². The second-order valence-electron chi connectivity index (χ2n) is 7.07. The second-order valence-corrected chi connectivity index (χ2v) is 8.73. The fourth-order valence-electron chi connectivity index (χ4n) is 3.20. The zero-order valence-electron chi connectivity index (χ0n) is 17.0. The number of nitrogens with one attached hydrogen (secondary N) is 3. The van der Waals surface area contributed by atoms with E-state index in [9.17, 15) is 4.79 Å². The number of ketones is 1. The predicted molar refractivity (Wildman–Crippen MR) is 142 cm³/mol. The highest BCUT2D eigenvalue weighted by Crippen LogP contribution is 2.33. The van der Waals surface area contributed by atoms with E-state index in [0.717, 1.165) is 11.4 Å². The highest BCUT2D eigenvalue weighted by Gasteiger charge is 2.24. The van der Waals surface area contributed by atoms with Crippen LogP contribution in [-0.4, -0.2) is 15.8 Å². The van der Waals surface area contributed by atoms with Gasteiger partial charge in [0.2, 0.25) is 5.78 Å². The van der Waals surface area contributed by atoms with Crippen molar-refractivity contribution in [1.82, 2.24) is 4.98 Å². The number of H-pyrrole nitrogens is 1. The lowest BCUT2D eigenvalue weighted by Gasteiger charge is -2.11. The molecule has 0 unspecified atom stereocenters.